The van der Waals surface area contributed by atoms with Crippen molar-refractivity contribution in [3.05, 3.63) is 40.6 Å². The predicted molar refractivity (Wildman–Crippen MR) is 106 cm³/mol. The fourth-order valence-corrected chi connectivity index (χ4v) is 4.03. The van der Waals surface area contributed by atoms with E-state index in [-0.39, 0.29) is 24.2 Å². The summed E-state index contributed by atoms with van der Waals surface area (Å²) in [5.74, 6) is 1.67. The molecule has 1 amide bonds. The number of carbonyl (C=O) groups excluding carboxylic acids is 1. The van der Waals surface area contributed by atoms with Gasteiger partial charge in [0.25, 0.3) is 0 Å². The van der Waals surface area contributed by atoms with Crippen molar-refractivity contribution in [2.75, 3.05) is 31.2 Å². The molecule has 2 aliphatic rings. The summed E-state index contributed by atoms with van der Waals surface area (Å²) in [6.45, 7) is 3.45. The second-order valence-electron chi connectivity index (χ2n) is 6.37. The van der Waals surface area contributed by atoms with Gasteiger partial charge in [0.1, 0.15) is 13.2 Å². The molecule has 2 aliphatic heterocycles. The summed E-state index contributed by atoms with van der Waals surface area (Å²) >= 11 is 1.67. The first-order chi connectivity index (χ1) is 12.3. The third kappa shape index (κ3) is 4.14. The molecule has 3 heterocycles. The van der Waals surface area contributed by atoms with E-state index < -0.39 is 0 Å². The van der Waals surface area contributed by atoms with Crippen molar-refractivity contribution in [2.24, 2.45) is 5.92 Å². The summed E-state index contributed by atoms with van der Waals surface area (Å²) in [6, 6.07) is 9.87. The van der Waals surface area contributed by atoms with Crippen LogP contribution in [0.5, 0.6) is 11.5 Å². The van der Waals surface area contributed by atoms with Crippen LogP contribution in [-0.4, -0.2) is 32.2 Å². The summed E-state index contributed by atoms with van der Waals surface area (Å²) in [7, 11) is 0. The van der Waals surface area contributed by atoms with Crippen molar-refractivity contribution in [1.29, 1.82) is 0 Å². The van der Waals surface area contributed by atoms with Crippen LogP contribution >= 0.6 is 23.7 Å². The molecular weight excluding hydrogens is 372 g/mol. The quantitative estimate of drug-likeness (QED) is 0.862. The lowest BCUT2D eigenvalue weighted by Crippen LogP contribution is -2.42. The lowest BCUT2D eigenvalue weighted by atomic mass is 9.97. The summed E-state index contributed by atoms with van der Waals surface area (Å²) < 4.78 is 11.3. The maximum Gasteiger partial charge on any atom is 0.231 e. The van der Waals surface area contributed by atoms with Gasteiger partial charge < -0.3 is 19.7 Å². The Kier molecular flexibility index (Phi) is 6.40. The molecule has 1 aromatic carbocycles. The van der Waals surface area contributed by atoms with E-state index in [4.69, 9.17) is 9.47 Å². The number of fused-ring (bicyclic) bond motifs is 1. The molecular formula is C19H23ClN2O3S. The van der Waals surface area contributed by atoms with E-state index in [1.54, 1.807) is 11.3 Å². The first kappa shape index (κ1) is 19.0. The minimum Gasteiger partial charge on any atom is -0.486 e. The number of hydrogen-bond acceptors (Lipinski definition) is 5. The Labute approximate surface area is 163 Å². The number of anilines is 1. The van der Waals surface area contributed by atoms with E-state index in [0.29, 0.717) is 19.8 Å². The molecule has 2 aromatic rings. The molecule has 0 bridgehead atoms. The van der Waals surface area contributed by atoms with Crippen molar-refractivity contribution in [2.45, 2.75) is 19.4 Å². The number of nitrogens with zero attached hydrogens (tertiary/aromatic N) is 1. The minimum atomic E-state index is 0. The second-order valence-corrected chi connectivity index (χ2v) is 7.41. The molecule has 1 aromatic heterocycles. The van der Waals surface area contributed by atoms with Crippen LogP contribution in [0.3, 0.4) is 0 Å². The molecule has 1 unspecified atom stereocenters. The van der Waals surface area contributed by atoms with Gasteiger partial charge in [0.05, 0.1) is 12.5 Å². The molecule has 1 atom stereocenters. The lowest BCUT2D eigenvalue weighted by Gasteiger charge is -2.30. The van der Waals surface area contributed by atoms with Crippen LogP contribution in [0.4, 0.5) is 5.69 Å². The van der Waals surface area contributed by atoms with Gasteiger partial charge in [-0.05, 0) is 43.0 Å². The second kappa shape index (κ2) is 8.75. The number of nitrogens with one attached hydrogen (secondary N) is 1. The van der Waals surface area contributed by atoms with Crippen LogP contribution in [0.15, 0.2) is 35.7 Å². The van der Waals surface area contributed by atoms with Crippen molar-refractivity contribution >= 4 is 35.3 Å². The van der Waals surface area contributed by atoms with Crippen LogP contribution in [0.1, 0.15) is 17.7 Å². The highest BCUT2D eigenvalue weighted by Crippen LogP contribution is 2.35. The van der Waals surface area contributed by atoms with Gasteiger partial charge in [-0.3, -0.25) is 4.79 Å². The normalized spacial score (nSPS) is 18.7. The van der Waals surface area contributed by atoms with E-state index in [1.807, 2.05) is 34.5 Å². The van der Waals surface area contributed by atoms with Crippen LogP contribution in [0.25, 0.3) is 0 Å². The summed E-state index contributed by atoms with van der Waals surface area (Å²) in [5.41, 5.74) is 0.869. The fourth-order valence-electron chi connectivity index (χ4n) is 3.34. The van der Waals surface area contributed by atoms with Gasteiger partial charge in [-0.2, -0.15) is 0 Å². The SMILES string of the molecule is Cl.O=C(C1CCCNC1)N(Cc1cccs1)c1ccc2c(c1)OCCO2. The largest absolute Gasteiger partial charge is 0.486 e. The number of amides is 1. The molecule has 1 fully saturated rings. The summed E-state index contributed by atoms with van der Waals surface area (Å²) in [4.78, 5) is 16.3. The van der Waals surface area contributed by atoms with Gasteiger partial charge in [-0.25, -0.2) is 0 Å². The maximum absolute atomic E-state index is 13.2. The lowest BCUT2D eigenvalue weighted by molar-refractivity contribution is -0.123. The Bertz CT molecular complexity index is 732. The fraction of sp³-hybridized carbons (Fsp3) is 0.421. The van der Waals surface area contributed by atoms with Crippen molar-refractivity contribution in [1.82, 2.24) is 5.32 Å². The molecule has 0 spiro atoms. The van der Waals surface area contributed by atoms with Gasteiger partial charge >= 0.3 is 0 Å². The monoisotopic (exact) mass is 394 g/mol. The molecule has 26 heavy (non-hydrogen) atoms. The zero-order valence-electron chi connectivity index (χ0n) is 14.5. The zero-order chi connectivity index (χ0) is 17.1. The van der Waals surface area contributed by atoms with E-state index in [9.17, 15) is 4.79 Å². The smallest absolute Gasteiger partial charge is 0.231 e. The molecule has 0 radical (unpaired) electrons. The number of piperidine rings is 1. The molecule has 140 valence electrons. The minimum absolute atomic E-state index is 0. The molecule has 1 N–H and O–H groups in total. The van der Waals surface area contributed by atoms with Gasteiger partial charge in [0.15, 0.2) is 11.5 Å². The molecule has 7 heteroatoms. The third-order valence-corrected chi connectivity index (χ3v) is 5.50. The van der Waals surface area contributed by atoms with Gasteiger partial charge in [0, 0.05) is 23.2 Å². The van der Waals surface area contributed by atoms with Crippen molar-refractivity contribution in [3.63, 3.8) is 0 Å². The number of thiophene rings is 1. The molecule has 0 saturated carbocycles. The molecule has 0 aliphatic carbocycles. The van der Waals surface area contributed by atoms with Crippen molar-refractivity contribution < 1.29 is 14.3 Å². The highest BCUT2D eigenvalue weighted by molar-refractivity contribution is 7.09. The highest BCUT2D eigenvalue weighted by atomic mass is 35.5. The van der Waals surface area contributed by atoms with Gasteiger partial charge in [-0.1, -0.05) is 6.07 Å². The first-order valence-corrected chi connectivity index (χ1v) is 9.63. The van der Waals surface area contributed by atoms with E-state index >= 15 is 0 Å². The first-order valence-electron chi connectivity index (χ1n) is 8.75. The number of benzene rings is 1. The summed E-state index contributed by atoms with van der Waals surface area (Å²) in [5, 5.41) is 5.39. The number of rotatable bonds is 4. The van der Waals surface area contributed by atoms with Gasteiger partial charge in [-0.15, -0.1) is 23.7 Å². The number of hydrogen-bond donors (Lipinski definition) is 1. The topological polar surface area (TPSA) is 50.8 Å². The Morgan fingerprint density at radius 1 is 1.23 bits per heavy atom. The number of carbonyl (C=O) groups is 1. The van der Waals surface area contributed by atoms with Crippen LogP contribution in [0, 0.1) is 5.92 Å². The van der Waals surface area contributed by atoms with E-state index in [0.717, 1.165) is 43.1 Å². The van der Waals surface area contributed by atoms with Crippen LogP contribution in [0.2, 0.25) is 0 Å². The van der Waals surface area contributed by atoms with E-state index in [1.165, 1.54) is 4.88 Å². The highest BCUT2D eigenvalue weighted by Gasteiger charge is 2.28. The summed E-state index contributed by atoms with van der Waals surface area (Å²) in [6.07, 6.45) is 1.99. The standard InChI is InChI=1S/C19H22N2O3S.ClH/c22-19(14-3-1-7-20-12-14)21(13-16-4-2-10-25-16)15-5-6-17-18(11-15)24-9-8-23-17;/h2,4-6,10-11,14,20H,1,3,7-9,12-13H2;1H. The Balaban J connectivity index is 0.00000196. The molecule has 1 saturated heterocycles. The van der Waals surface area contributed by atoms with Crippen LogP contribution < -0.4 is 19.7 Å². The maximum atomic E-state index is 13.2. The van der Waals surface area contributed by atoms with E-state index in [2.05, 4.69) is 11.4 Å². The molecule has 4 rings (SSSR count). The Hall–Kier alpha value is -1.76. The Morgan fingerprint density at radius 2 is 2.08 bits per heavy atom. The van der Waals surface area contributed by atoms with Crippen LogP contribution in [-0.2, 0) is 11.3 Å². The zero-order valence-corrected chi connectivity index (χ0v) is 16.1. The Morgan fingerprint density at radius 3 is 2.81 bits per heavy atom. The van der Waals surface area contributed by atoms with Crippen molar-refractivity contribution in [3.8, 4) is 11.5 Å². The average Bonchev–Trinajstić information content (AvgIpc) is 3.19. The number of halogens is 1. The predicted octanol–water partition coefficient (Wildman–Crippen LogP) is 3.47. The average molecular weight is 395 g/mol. The third-order valence-electron chi connectivity index (χ3n) is 4.64. The molecule has 5 nitrogen and oxygen atoms in total. The number of ether oxygens (including phenoxy) is 2. The van der Waals surface area contributed by atoms with Gasteiger partial charge in [0.2, 0.25) is 5.91 Å².